The zero-order valence-corrected chi connectivity index (χ0v) is 14.7. The molecule has 0 bridgehead atoms. The monoisotopic (exact) mass is 349 g/mol. The van der Waals surface area contributed by atoms with Crippen molar-refractivity contribution in [3.63, 3.8) is 0 Å². The average molecular weight is 349 g/mol. The highest BCUT2D eigenvalue weighted by atomic mass is 16.6. The number of anilines is 1. The molecule has 1 amide bonds. The van der Waals surface area contributed by atoms with Gasteiger partial charge in [0.25, 0.3) is 11.6 Å². The average Bonchev–Trinajstić information content (AvgIpc) is 2.60. The van der Waals surface area contributed by atoms with Gasteiger partial charge in [0.05, 0.1) is 42.5 Å². The summed E-state index contributed by atoms with van der Waals surface area (Å²) in [6.45, 7) is 7.96. The van der Waals surface area contributed by atoms with Crippen LogP contribution in [0.3, 0.4) is 0 Å². The molecule has 8 heteroatoms. The highest BCUT2D eigenvalue weighted by Crippen LogP contribution is 2.28. The van der Waals surface area contributed by atoms with Crippen LogP contribution in [0.4, 0.5) is 11.4 Å². The first-order valence-electron chi connectivity index (χ1n) is 8.71. The summed E-state index contributed by atoms with van der Waals surface area (Å²) in [6.07, 6.45) is 0. The van der Waals surface area contributed by atoms with Crippen molar-refractivity contribution >= 4 is 17.3 Å². The summed E-state index contributed by atoms with van der Waals surface area (Å²) in [5.74, 6) is -0.156. The Hall–Kier alpha value is -2.19. The first kappa shape index (κ1) is 17.6. The van der Waals surface area contributed by atoms with Crippen molar-refractivity contribution in [2.45, 2.75) is 25.9 Å². The third-order valence-electron chi connectivity index (χ3n) is 4.73. The molecular formula is C17H25N4O4+. The molecular weight excluding hydrogens is 324 g/mol. The number of carbonyl (C=O) groups is 1. The van der Waals surface area contributed by atoms with Crippen LogP contribution in [0, 0.1) is 10.1 Å². The van der Waals surface area contributed by atoms with Gasteiger partial charge in [0, 0.05) is 25.2 Å². The highest BCUT2D eigenvalue weighted by Gasteiger charge is 2.30. The van der Waals surface area contributed by atoms with Crippen molar-refractivity contribution < 1.29 is 19.8 Å². The Morgan fingerprint density at radius 1 is 1.24 bits per heavy atom. The number of quaternary nitrogens is 1. The topological polar surface area (TPSA) is 92.5 Å². The van der Waals surface area contributed by atoms with E-state index in [-0.39, 0.29) is 11.6 Å². The number of piperazine rings is 1. The van der Waals surface area contributed by atoms with Gasteiger partial charge in [0.15, 0.2) is 0 Å². The molecule has 8 nitrogen and oxygen atoms in total. The first-order valence-corrected chi connectivity index (χ1v) is 8.71. The van der Waals surface area contributed by atoms with Gasteiger partial charge in [-0.2, -0.15) is 0 Å². The van der Waals surface area contributed by atoms with E-state index in [9.17, 15) is 14.9 Å². The summed E-state index contributed by atoms with van der Waals surface area (Å²) >= 11 is 0. The summed E-state index contributed by atoms with van der Waals surface area (Å²) in [7, 11) is 0. The summed E-state index contributed by atoms with van der Waals surface area (Å²) in [4.78, 5) is 27.6. The van der Waals surface area contributed by atoms with Crippen LogP contribution in [-0.2, 0) is 4.74 Å². The Morgan fingerprint density at radius 2 is 1.88 bits per heavy atom. The van der Waals surface area contributed by atoms with E-state index in [0.717, 1.165) is 18.8 Å². The van der Waals surface area contributed by atoms with E-state index >= 15 is 0 Å². The molecule has 1 aromatic carbocycles. The normalized spacial score (nSPS) is 24.2. The fourth-order valence-corrected chi connectivity index (χ4v) is 3.67. The summed E-state index contributed by atoms with van der Waals surface area (Å²) in [5, 5.41) is 13.5. The van der Waals surface area contributed by atoms with Gasteiger partial charge in [0.2, 0.25) is 0 Å². The fraction of sp³-hybridized carbons (Fsp3) is 0.588. The van der Waals surface area contributed by atoms with Crippen LogP contribution in [-0.4, -0.2) is 67.2 Å². The summed E-state index contributed by atoms with van der Waals surface area (Å²) in [5.41, 5.74) is 1.15. The molecule has 0 radical (unpaired) electrons. The first-order chi connectivity index (χ1) is 12.0. The number of rotatable bonds is 3. The number of benzene rings is 1. The molecule has 0 saturated carbocycles. The Kier molecular flexibility index (Phi) is 5.19. The number of hydrogen-bond donors (Lipinski definition) is 1. The van der Waals surface area contributed by atoms with E-state index in [1.54, 1.807) is 11.0 Å². The van der Waals surface area contributed by atoms with Crippen molar-refractivity contribution in [3.05, 3.63) is 33.9 Å². The smallest absolute Gasteiger partial charge is 0.270 e. The van der Waals surface area contributed by atoms with Crippen LogP contribution in [0.25, 0.3) is 0 Å². The number of amides is 1. The third kappa shape index (κ3) is 3.91. The number of morpholine rings is 1. The predicted molar refractivity (Wildman–Crippen MR) is 92.9 cm³/mol. The molecule has 1 aromatic rings. The van der Waals surface area contributed by atoms with Gasteiger partial charge in [-0.15, -0.1) is 0 Å². The molecule has 2 aliphatic heterocycles. The maximum Gasteiger partial charge on any atom is 0.270 e. The van der Waals surface area contributed by atoms with Crippen molar-refractivity contribution in [1.82, 2.24) is 4.90 Å². The molecule has 0 spiro atoms. The number of nitrogens with two attached hydrogens (primary N) is 1. The Balaban J connectivity index is 1.96. The van der Waals surface area contributed by atoms with Gasteiger partial charge in [-0.1, -0.05) is 0 Å². The molecule has 2 saturated heterocycles. The molecule has 0 aromatic heterocycles. The van der Waals surface area contributed by atoms with Crippen molar-refractivity contribution in [2.24, 2.45) is 0 Å². The molecule has 136 valence electrons. The summed E-state index contributed by atoms with van der Waals surface area (Å²) in [6, 6.07) is 5.44. The van der Waals surface area contributed by atoms with Crippen LogP contribution in [0.5, 0.6) is 0 Å². The largest absolute Gasteiger partial charge is 0.378 e. The van der Waals surface area contributed by atoms with Crippen LogP contribution in [0.15, 0.2) is 18.2 Å². The minimum atomic E-state index is -0.449. The van der Waals surface area contributed by atoms with Crippen LogP contribution < -0.4 is 10.2 Å². The van der Waals surface area contributed by atoms with Gasteiger partial charge in [-0.3, -0.25) is 14.9 Å². The lowest BCUT2D eigenvalue weighted by atomic mass is 10.1. The number of hydrogen-bond acceptors (Lipinski definition) is 5. The van der Waals surface area contributed by atoms with Crippen molar-refractivity contribution in [2.75, 3.05) is 44.3 Å². The Labute approximate surface area is 146 Å². The lowest BCUT2D eigenvalue weighted by Crippen LogP contribution is -2.99. The zero-order valence-electron chi connectivity index (χ0n) is 14.7. The Morgan fingerprint density at radius 3 is 2.48 bits per heavy atom. The molecule has 0 unspecified atom stereocenters. The van der Waals surface area contributed by atoms with Gasteiger partial charge in [-0.05, 0) is 19.9 Å². The van der Waals surface area contributed by atoms with E-state index in [4.69, 9.17) is 4.74 Å². The minimum absolute atomic E-state index is 0.0509. The highest BCUT2D eigenvalue weighted by molar-refractivity contribution is 6.00. The second-order valence-electron chi connectivity index (χ2n) is 6.92. The quantitative estimate of drug-likeness (QED) is 0.623. The standard InChI is InChI=1S/C17H24N4O4/c1-12-10-20(11-13(2)18-12)16-4-3-14(21(23)24)9-15(16)17(22)19-5-7-25-8-6-19/h3-4,9,12-13,18H,5-8,10-11H2,1-2H3/p+1/t12-,13-/m0/s1. The summed E-state index contributed by atoms with van der Waals surface area (Å²) < 4.78 is 5.31. The number of nitro benzene ring substituents is 1. The SMILES string of the molecule is C[C@H]1CN(c2ccc([N+](=O)[O-])cc2C(=O)N2CCOCC2)C[C@H](C)[NH2+]1. The lowest BCUT2D eigenvalue weighted by molar-refractivity contribution is -0.716. The molecule has 25 heavy (non-hydrogen) atoms. The minimum Gasteiger partial charge on any atom is -0.378 e. The van der Waals surface area contributed by atoms with Gasteiger partial charge < -0.3 is 19.9 Å². The lowest BCUT2D eigenvalue weighted by Gasteiger charge is -2.36. The third-order valence-corrected chi connectivity index (χ3v) is 4.73. The maximum absolute atomic E-state index is 13.0. The number of carbonyl (C=O) groups excluding carboxylic acids is 1. The van der Waals surface area contributed by atoms with E-state index in [2.05, 4.69) is 24.1 Å². The molecule has 3 rings (SSSR count). The van der Waals surface area contributed by atoms with Crippen molar-refractivity contribution in [1.29, 1.82) is 0 Å². The maximum atomic E-state index is 13.0. The second-order valence-corrected chi connectivity index (χ2v) is 6.92. The number of nitro groups is 1. The molecule has 2 N–H and O–H groups in total. The number of ether oxygens (including phenoxy) is 1. The second kappa shape index (κ2) is 7.37. The predicted octanol–water partition coefficient (Wildman–Crippen LogP) is 0.228. The van der Waals surface area contributed by atoms with E-state index < -0.39 is 4.92 Å². The van der Waals surface area contributed by atoms with Gasteiger partial charge >= 0.3 is 0 Å². The molecule has 2 atom stereocenters. The van der Waals surface area contributed by atoms with Gasteiger partial charge in [-0.25, -0.2) is 0 Å². The van der Waals surface area contributed by atoms with E-state index in [1.165, 1.54) is 12.1 Å². The Bertz CT molecular complexity index is 650. The molecule has 2 fully saturated rings. The van der Waals surface area contributed by atoms with Gasteiger partial charge in [0.1, 0.15) is 12.1 Å². The zero-order chi connectivity index (χ0) is 18.0. The van der Waals surface area contributed by atoms with E-state index in [1.807, 2.05) is 0 Å². The van der Waals surface area contributed by atoms with Crippen LogP contribution in [0.2, 0.25) is 0 Å². The fourth-order valence-electron chi connectivity index (χ4n) is 3.67. The molecule has 2 aliphatic rings. The van der Waals surface area contributed by atoms with E-state index in [0.29, 0.717) is 44.0 Å². The number of non-ortho nitro benzene ring substituents is 1. The van der Waals surface area contributed by atoms with Crippen LogP contribution in [0.1, 0.15) is 24.2 Å². The number of nitrogens with zero attached hydrogens (tertiary/aromatic N) is 3. The molecule has 2 heterocycles. The van der Waals surface area contributed by atoms with Crippen molar-refractivity contribution in [3.8, 4) is 0 Å². The molecule has 0 aliphatic carbocycles. The van der Waals surface area contributed by atoms with Crippen LogP contribution >= 0.6 is 0 Å².